The highest BCUT2D eigenvalue weighted by Crippen LogP contribution is 2.15. The van der Waals surface area contributed by atoms with Crippen molar-refractivity contribution < 1.29 is 9.64 Å². The van der Waals surface area contributed by atoms with Gasteiger partial charge >= 0.3 is 0 Å². The molecule has 0 unspecified atom stereocenters. The molecule has 1 fully saturated rings. The van der Waals surface area contributed by atoms with Crippen LogP contribution in [0.3, 0.4) is 0 Å². The molecule has 0 bridgehead atoms. The van der Waals surface area contributed by atoms with Gasteiger partial charge in [-0.25, -0.2) is 0 Å². The van der Waals surface area contributed by atoms with Crippen molar-refractivity contribution in [2.45, 2.75) is 6.04 Å². The van der Waals surface area contributed by atoms with Gasteiger partial charge in [-0.05, 0) is 11.4 Å². The van der Waals surface area contributed by atoms with Gasteiger partial charge in [0, 0.05) is 0 Å². The molecule has 1 aromatic heterocycles. The lowest BCUT2D eigenvalue weighted by Gasteiger charge is -2.26. The molecule has 3 nitrogen and oxygen atoms in total. The van der Waals surface area contributed by atoms with Crippen LogP contribution in [0.25, 0.3) is 0 Å². The highest BCUT2D eigenvalue weighted by Gasteiger charge is 2.26. The molecule has 0 aromatic carbocycles. The van der Waals surface area contributed by atoms with Gasteiger partial charge in [0.2, 0.25) is 6.04 Å². The molecule has 1 aliphatic rings. The van der Waals surface area contributed by atoms with E-state index >= 15 is 0 Å². The van der Waals surface area contributed by atoms with Crippen LogP contribution in [0.2, 0.25) is 0 Å². The van der Waals surface area contributed by atoms with Crippen LogP contribution in [0.15, 0.2) is 17.5 Å². The number of nitriles is 1. The van der Waals surface area contributed by atoms with Crippen molar-refractivity contribution in [3.63, 3.8) is 0 Å². The summed E-state index contributed by atoms with van der Waals surface area (Å²) >= 11 is 1.67. The maximum Gasteiger partial charge on any atom is 0.210 e. The minimum absolute atomic E-state index is 0.00102. The molecule has 1 aromatic rings. The average Bonchev–Trinajstić information content (AvgIpc) is 2.74. The van der Waals surface area contributed by atoms with Crippen LogP contribution in [0.1, 0.15) is 10.9 Å². The molecular formula is C10H13N2OS+. The number of thiophene rings is 1. The lowest BCUT2D eigenvalue weighted by molar-refractivity contribution is -0.930. The van der Waals surface area contributed by atoms with Crippen molar-refractivity contribution in [2.24, 2.45) is 0 Å². The highest BCUT2D eigenvalue weighted by atomic mass is 32.1. The normalized spacial score (nSPS) is 20.2. The van der Waals surface area contributed by atoms with Gasteiger partial charge in [-0.15, -0.1) is 11.3 Å². The van der Waals surface area contributed by atoms with Crippen LogP contribution < -0.4 is 4.90 Å². The van der Waals surface area contributed by atoms with E-state index in [1.54, 1.807) is 11.3 Å². The summed E-state index contributed by atoms with van der Waals surface area (Å²) in [5.74, 6) is 0. The summed E-state index contributed by atoms with van der Waals surface area (Å²) in [5, 5.41) is 11.2. The van der Waals surface area contributed by atoms with Crippen LogP contribution in [0.5, 0.6) is 0 Å². The monoisotopic (exact) mass is 209 g/mol. The maximum atomic E-state index is 9.15. The molecule has 2 heterocycles. The Bertz CT molecular complexity index is 311. The Hall–Kier alpha value is -0.890. The van der Waals surface area contributed by atoms with Gasteiger partial charge in [0.05, 0.1) is 18.1 Å². The van der Waals surface area contributed by atoms with E-state index in [4.69, 9.17) is 10.00 Å². The first-order valence-corrected chi connectivity index (χ1v) is 5.65. The van der Waals surface area contributed by atoms with E-state index in [-0.39, 0.29) is 6.04 Å². The number of rotatable bonds is 2. The molecule has 1 aliphatic heterocycles. The lowest BCUT2D eigenvalue weighted by Crippen LogP contribution is -3.14. The van der Waals surface area contributed by atoms with Crippen LogP contribution in [0, 0.1) is 11.3 Å². The second-order valence-corrected chi connectivity index (χ2v) is 4.33. The van der Waals surface area contributed by atoms with Crippen molar-refractivity contribution in [1.82, 2.24) is 0 Å². The minimum Gasteiger partial charge on any atom is -0.370 e. The molecule has 0 saturated carbocycles. The Morgan fingerprint density at radius 1 is 1.50 bits per heavy atom. The third-order valence-electron chi connectivity index (χ3n) is 2.50. The number of ether oxygens (including phenoxy) is 1. The number of hydrogen-bond acceptors (Lipinski definition) is 3. The standard InChI is InChI=1S/C10H12N2OS/c11-8-9(10-2-1-7-14-10)12-3-5-13-6-4-12/h1-2,7,9H,3-6H2/p+1/t9-/m1/s1. The Labute approximate surface area is 87.5 Å². The molecule has 0 aliphatic carbocycles. The molecule has 1 N–H and O–H groups in total. The van der Waals surface area contributed by atoms with Gasteiger partial charge in [0.25, 0.3) is 0 Å². The largest absolute Gasteiger partial charge is 0.370 e. The van der Waals surface area contributed by atoms with Crippen LogP contribution >= 0.6 is 11.3 Å². The Morgan fingerprint density at radius 3 is 2.86 bits per heavy atom. The highest BCUT2D eigenvalue weighted by molar-refractivity contribution is 7.10. The zero-order valence-corrected chi connectivity index (χ0v) is 8.72. The Kier molecular flexibility index (Phi) is 3.14. The SMILES string of the molecule is N#C[C@H](c1cccs1)[NH+]1CCOCC1. The lowest BCUT2D eigenvalue weighted by atomic mass is 10.2. The fraction of sp³-hybridized carbons (Fsp3) is 0.500. The Balaban J connectivity index is 2.09. The first-order valence-electron chi connectivity index (χ1n) is 4.77. The van der Waals surface area contributed by atoms with Crippen molar-refractivity contribution in [3.8, 4) is 6.07 Å². The van der Waals surface area contributed by atoms with E-state index in [1.807, 2.05) is 17.5 Å². The van der Waals surface area contributed by atoms with Crippen molar-refractivity contribution >= 4 is 11.3 Å². The second kappa shape index (κ2) is 4.56. The van der Waals surface area contributed by atoms with Gasteiger partial charge in [-0.1, -0.05) is 6.07 Å². The van der Waals surface area contributed by atoms with E-state index in [9.17, 15) is 0 Å². The average molecular weight is 209 g/mol. The predicted molar refractivity (Wildman–Crippen MR) is 54.2 cm³/mol. The molecule has 0 spiro atoms. The Morgan fingerprint density at radius 2 is 2.29 bits per heavy atom. The van der Waals surface area contributed by atoms with E-state index in [0.29, 0.717) is 0 Å². The summed E-state index contributed by atoms with van der Waals surface area (Å²) in [5.41, 5.74) is 0. The van der Waals surface area contributed by atoms with Gasteiger partial charge < -0.3 is 9.64 Å². The molecule has 4 heteroatoms. The van der Waals surface area contributed by atoms with Crippen LogP contribution in [-0.4, -0.2) is 26.3 Å². The number of morpholine rings is 1. The van der Waals surface area contributed by atoms with Crippen LogP contribution in [0.4, 0.5) is 0 Å². The zero-order chi connectivity index (χ0) is 9.80. The molecule has 1 atom stereocenters. The molecule has 74 valence electrons. The minimum atomic E-state index is -0.00102. The molecule has 14 heavy (non-hydrogen) atoms. The third-order valence-corrected chi connectivity index (χ3v) is 3.44. The zero-order valence-electron chi connectivity index (χ0n) is 7.90. The maximum absolute atomic E-state index is 9.15. The third kappa shape index (κ3) is 1.95. The van der Waals surface area contributed by atoms with E-state index in [1.165, 1.54) is 9.78 Å². The number of hydrogen-bond donors (Lipinski definition) is 1. The smallest absolute Gasteiger partial charge is 0.210 e. The molecule has 2 rings (SSSR count). The van der Waals surface area contributed by atoms with Crippen molar-refractivity contribution in [1.29, 1.82) is 5.26 Å². The summed E-state index contributed by atoms with van der Waals surface area (Å²) in [4.78, 5) is 2.51. The van der Waals surface area contributed by atoms with Gasteiger partial charge in [-0.2, -0.15) is 5.26 Å². The quantitative estimate of drug-likeness (QED) is 0.757. The number of nitrogens with one attached hydrogen (secondary N) is 1. The summed E-state index contributed by atoms with van der Waals surface area (Å²) in [7, 11) is 0. The van der Waals surface area contributed by atoms with E-state index in [2.05, 4.69) is 6.07 Å². The summed E-state index contributed by atoms with van der Waals surface area (Å²) in [6.07, 6.45) is 0. The van der Waals surface area contributed by atoms with E-state index in [0.717, 1.165) is 26.3 Å². The second-order valence-electron chi connectivity index (χ2n) is 3.35. The van der Waals surface area contributed by atoms with E-state index < -0.39 is 0 Å². The first-order chi connectivity index (χ1) is 6.92. The molecular weight excluding hydrogens is 196 g/mol. The van der Waals surface area contributed by atoms with Crippen LogP contribution in [-0.2, 0) is 4.74 Å². The summed E-state index contributed by atoms with van der Waals surface area (Å²) < 4.78 is 5.28. The first kappa shape index (κ1) is 9.66. The topological polar surface area (TPSA) is 37.5 Å². The molecule has 0 radical (unpaired) electrons. The summed E-state index contributed by atoms with van der Waals surface area (Å²) in [6, 6.07) is 6.44. The van der Waals surface area contributed by atoms with Crippen molar-refractivity contribution in [3.05, 3.63) is 22.4 Å². The van der Waals surface area contributed by atoms with Gasteiger partial charge in [0.15, 0.2) is 0 Å². The summed E-state index contributed by atoms with van der Waals surface area (Å²) in [6.45, 7) is 3.43. The number of quaternary nitrogens is 1. The number of nitrogens with zero attached hydrogens (tertiary/aromatic N) is 1. The fourth-order valence-electron chi connectivity index (χ4n) is 1.73. The molecule has 1 saturated heterocycles. The van der Waals surface area contributed by atoms with Crippen molar-refractivity contribution in [2.75, 3.05) is 26.3 Å². The predicted octanol–water partition coefficient (Wildman–Crippen LogP) is 0.228. The fourth-order valence-corrected chi connectivity index (χ4v) is 2.56. The molecule has 0 amide bonds. The van der Waals surface area contributed by atoms with Gasteiger partial charge in [0.1, 0.15) is 19.2 Å². The van der Waals surface area contributed by atoms with Gasteiger partial charge in [-0.3, -0.25) is 0 Å².